The number of hydrogen-bond donors (Lipinski definition) is 1. The maximum absolute atomic E-state index is 12.5. The molecule has 1 aromatic carbocycles. The van der Waals surface area contributed by atoms with Crippen LogP contribution in [-0.2, 0) is 15.7 Å². The molecule has 1 rings (SSSR count). The van der Waals surface area contributed by atoms with Crippen LogP contribution in [0.15, 0.2) is 24.3 Å². The molecule has 0 bridgehead atoms. The molecular weight excluding hydrogens is 323 g/mol. The summed E-state index contributed by atoms with van der Waals surface area (Å²) in [5, 5.41) is 2.41. The molecule has 1 amide bonds. The van der Waals surface area contributed by atoms with Gasteiger partial charge in [-0.2, -0.15) is 13.2 Å². The summed E-state index contributed by atoms with van der Waals surface area (Å²) in [5.41, 5.74) is -0.792. The molecule has 1 atom stereocenters. The number of carbonyl (C=O) groups is 2. The molecule has 0 aromatic heterocycles. The van der Waals surface area contributed by atoms with Crippen LogP contribution in [0.1, 0.15) is 49.5 Å². The highest BCUT2D eigenvalue weighted by Crippen LogP contribution is 2.29. The quantitative estimate of drug-likeness (QED) is 0.604. The fraction of sp³-hybridized carbons (Fsp3) is 0.529. The van der Waals surface area contributed by atoms with Gasteiger partial charge in [0.2, 0.25) is 0 Å². The SMILES string of the molecule is CC(C)CCCOC(=O)C(C)NC(=O)c1ccc(C(F)(F)F)cc1. The van der Waals surface area contributed by atoms with Crippen LogP contribution in [0.2, 0.25) is 0 Å². The van der Waals surface area contributed by atoms with Gasteiger partial charge in [0.1, 0.15) is 6.04 Å². The number of alkyl halides is 3. The number of halogens is 3. The number of benzene rings is 1. The second-order valence-corrected chi connectivity index (χ2v) is 5.97. The molecule has 1 aromatic rings. The predicted molar refractivity (Wildman–Crippen MR) is 83.4 cm³/mol. The maximum Gasteiger partial charge on any atom is 0.416 e. The van der Waals surface area contributed by atoms with Gasteiger partial charge in [-0.25, -0.2) is 4.79 Å². The Balaban J connectivity index is 2.50. The number of hydrogen-bond acceptors (Lipinski definition) is 3. The van der Waals surface area contributed by atoms with Crippen LogP contribution in [0.4, 0.5) is 13.2 Å². The second-order valence-electron chi connectivity index (χ2n) is 5.97. The molecule has 1 unspecified atom stereocenters. The third-order valence-corrected chi connectivity index (χ3v) is 3.35. The van der Waals surface area contributed by atoms with E-state index in [2.05, 4.69) is 19.2 Å². The van der Waals surface area contributed by atoms with Crippen molar-refractivity contribution >= 4 is 11.9 Å². The Morgan fingerprint density at radius 1 is 1.12 bits per heavy atom. The molecule has 0 fully saturated rings. The van der Waals surface area contributed by atoms with Crippen LogP contribution >= 0.6 is 0 Å². The lowest BCUT2D eigenvalue weighted by atomic mass is 10.1. The first kappa shape index (κ1) is 20.0. The van der Waals surface area contributed by atoms with Crippen molar-refractivity contribution in [2.24, 2.45) is 5.92 Å². The molecular formula is C17H22F3NO3. The van der Waals surface area contributed by atoms with E-state index in [1.54, 1.807) is 0 Å². The Hall–Kier alpha value is -2.05. The van der Waals surface area contributed by atoms with Crippen LogP contribution in [0.25, 0.3) is 0 Å². The number of carbonyl (C=O) groups excluding carboxylic acids is 2. The molecule has 0 heterocycles. The molecule has 0 saturated heterocycles. The average molecular weight is 345 g/mol. The minimum atomic E-state index is -4.46. The van der Waals surface area contributed by atoms with E-state index in [1.807, 2.05) is 0 Å². The zero-order chi connectivity index (χ0) is 18.3. The monoisotopic (exact) mass is 345 g/mol. The summed E-state index contributed by atoms with van der Waals surface area (Å²) in [5.74, 6) is -0.685. The number of amides is 1. The topological polar surface area (TPSA) is 55.4 Å². The van der Waals surface area contributed by atoms with Gasteiger partial charge >= 0.3 is 12.1 Å². The third kappa shape index (κ3) is 6.60. The highest BCUT2D eigenvalue weighted by molar-refractivity contribution is 5.96. The molecule has 0 saturated carbocycles. The zero-order valence-corrected chi connectivity index (χ0v) is 13.9. The fourth-order valence-corrected chi connectivity index (χ4v) is 1.94. The summed E-state index contributed by atoms with van der Waals surface area (Å²) >= 11 is 0. The van der Waals surface area contributed by atoms with Crippen molar-refractivity contribution in [2.75, 3.05) is 6.61 Å². The molecule has 0 radical (unpaired) electrons. The molecule has 0 aliphatic carbocycles. The van der Waals surface area contributed by atoms with E-state index in [-0.39, 0.29) is 12.2 Å². The summed E-state index contributed by atoms with van der Waals surface area (Å²) in [6.07, 6.45) is -2.79. The fourth-order valence-electron chi connectivity index (χ4n) is 1.94. The highest BCUT2D eigenvalue weighted by Gasteiger charge is 2.30. The van der Waals surface area contributed by atoms with Crippen molar-refractivity contribution in [3.8, 4) is 0 Å². The summed E-state index contributed by atoms with van der Waals surface area (Å²) in [7, 11) is 0. The standard InChI is InChI=1S/C17H22F3NO3/c1-11(2)5-4-10-24-16(23)12(3)21-15(22)13-6-8-14(9-7-13)17(18,19)20/h6-9,11-12H,4-5,10H2,1-3H3,(H,21,22). The first-order valence-electron chi connectivity index (χ1n) is 7.76. The lowest BCUT2D eigenvalue weighted by molar-refractivity contribution is -0.145. The van der Waals surface area contributed by atoms with Crippen LogP contribution < -0.4 is 5.32 Å². The van der Waals surface area contributed by atoms with Gasteiger partial charge in [0.05, 0.1) is 12.2 Å². The summed E-state index contributed by atoms with van der Waals surface area (Å²) in [4.78, 5) is 23.7. The van der Waals surface area contributed by atoms with Gasteiger partial charge in [-0.1, -0.05) is 13.8 Å². The average Bonchev–Trinajstić information content (AvgIpc) is 2.50. The first-order valence-corrected chi connectivity index (χ1v) is 7.76. The highest BCUT2D eigenvalue weighted by atomic mass is 19.4. The lowest BCUT2D eigenvalue weighted by Crippen LogP contribution is -2.39. The molecule has 0 spiro atoms. The normalized spacial score (nSPS) is 12.8. The molecule has 4 nitrogen and oxygen atoms in total. The maximum atomic E-state index is 12.5. The Labute approximate surface area is 139 Å². The molecule has 0 aliphatic rings. The molecule has 7 heteroatoms. The van der Waals surface area contributed by atoms with E-state index < -0.39 is 29.7 Å². The third-order valence-electron chi connectivity index (χ3n) is 3.35. The van der Waals surface area contributed by atoms with Gasteiger partial charge in [-0.15, -0.1) is 0 Å². The predicted octanol–water partition coefficient (Wildman–Crippen LogP) is 3.80. The van der Waals surface area contributed by atoms with E-state index in [4.69, 9.17) is 4.74 Å². The molecule has 24 heavy (non-hydrogen) atoms. The summed E-state index contributed by atoms with van der Waals surface area (Å²) in [6.45, 7) is 5.87. The minimum Gasteiger partial charge on any atom is -0.464 e. The van der Waals surface area contributed by atoms with Crippen molar-refractivity contribution in [2.45, 2.75) is 45.8 Å². The van der Waals surface area contributed by atoms with E-state index in [9.17, 15) is 22.8 Å². The largest absolute Gasteiger partial charge is 0.464 e. The van der Waals surface area contributed by atoms with E-state index in [0.717, 1.165) is 37.1 Å². The minimum absolute atomic E-state index is 0.0439. The Morgan fingerprint density at radius 3 is 2.21 bits per heavy atom. The molecule has 1 N–H and O–H groups in total. The number of rotatable bonds is 7. The van der Waals surface area contributed by atoms with E-state index >= 15 is 0 Å². The van der Waals surface area contributed by atoms with Crippen LogP contribution in [0.3, 0.4) is 0 Å². The van der Waals surface area contributed by atoms with E-state index in [1.165, 1.54) is 6.92 Å². The van der Waals surface area contributed by atoms with Crippen molar-refractivity contribution < 1.29 is 27.5 Å². The number of nitrogens with one attached hydrogen (secondary N) is 1. The van der Waals surface area contributed by atoms with Crippen molar-refractivity contribution in [1.82, 2.24) is 5.32 Å². The van der Waals surface area contributed by atoms with Crippen molar-refractivity contribution in [1.29, 1.82) is 0 Å². The van der Waals surface area contributed by atoms with Gasteiger partial charge in [-0.3, -0.25) is 4.79 Å². The Bertz CT molecular complexity index is 553. The summed E-state index contributed by atoms with van der Waals surface area (Å²) in [6, 6.07) is 2.91. The van der Waals surface area contributed by atoms with Crippen molar-refractivity contribution in [3.63, 3.8) is 0 Å². The van der Waals surface area contributed by atoms with Crippen LogP contribution in [-0.4, -0.2) is 24.5 Å². The van der Waals surface area contributed by atoms with E-state index in [0.29, 0.717) is 5.92 Å². The summed E-state index contributed by atoms with van der Waals surface area (Å²) < 4.78 is 42.5. The molecule has 0 aliphatic heterocycles. The molecule has 134 valence electrons. The van der Waals surface area contributed by atoms with Crippen molar-refractivity contribution in [3.05, 3.63) is 35.4 Å². The Kier molecular flexibility index (Phi) is 7.25. The van der Waals surface area contributed by atoms with Gasteiger partial charge in [0, 0.05) is 5.56 Å². The van der Waals surface area contributed by atoms with Gasteiger partial charge < -0.3 is 10.1 Å². The van der Waals surface area contributed by atoms with Gasteiger partial charge in [-0.05, 0) is 49.9 Å². The smallest absolute Gasteiger partial charge is 0.416 e. The second kappa shape index (κ2) is 8.70. The zero-order valence-electron chi connectivity index (χ0n) is 13.9. The number of esters is 1. The van der Waals surface area contributed by atoms with Crippen LogP contribution in [0.5, 0.6) is 0 Å². The van der Waals surface area contributed by atoms with Crippen LogP contribution in [0, 0.1) is 5.92 Å². The van der Waals surface area contributed by atoms with Gasteiger partial charge in [0.25, 0.3) is 5.91 Å². The Morgan fingerprint density at radius 2 is 1.71 bits per heavy atom. The van der Waals surface area contributed by atoms with Gasteiger partial charge in [0.15, 0.2) is 0 Å². The number of ether oxygens (including phenoxy) is 1. The lowest BCUT2D eigenvalue weighted by Gasteiger charge is -2.14. The first-order chi connectivity index (χ1) is 11.1.